The van der Waals surface area contributed by atoms with Gasteiger partial charge in [0, 0.05) is 13.0 Å². The highest BCUT2D eigenvalue weighted by molar-refractivity contribution is 5.47. The Bertz CT molecular complexity index is 377. The summed E-state index contributed by atoms with van der Waals surface area (Å²) in [5, 5.41) is 3.07. The van der Waals surface area contributed by atoms with Crippen molar-refractivity contribution < 1.29 is 8.78 Å². The number of anilines is 1. The summed E-state index contributed by atoms with van der Waals surface area (Å²) >= 11 is 0. The molecule has 1 aliphatic heterocycles. The minimum absolute atomic E-state index is 0.109. The van der Waals surface area contributed by atoms with Gasteiger partial charge in [0.2, 0.25) is 0 Å². The average Bonchev–Trinajstić information content (AvgIpc) is 2.28. The van der Waals surface area contributed by atoms with Crippen molar-refractivity contribution in [3.8, 4) is 0 Å². The van der Waals surface area contributed by atoms with Crippen LogP contribution in [0.1, 0.15) is 37.4 Å². The third kappa shape index (κ3) is 2.15. The number of nitrogens with one attached hydrogen (secondary N) is 1. The highest BCUT2D eigenvalue weighted by atomic mass is 19.3. The fraction of sp³-hybridized carbons (Fsp3) is 0.583. The summed E-state index contributed by atoms with van der Waals surface area (Å²) in [5.41, 5.74) is 0.935. The standard InChI is InChI=1S/C12H16F2N2/c1-2-7-12(13,14)10-6-5-9-4-3-8-15-11(9)16-10/h5-6H,2-4,7-8H2,1H3,(H,15,16). The maximum Gasteiger partial charge on any atom is 0.289 e. The Morgan fingerprint density at radius 1 is 1.44 bits per heavy atom. The number of pyridine rings is 1. The van der Waals surface area contributed by atoms with Crippen LogP contribution < -0.4 is 5.32 Å². The maximum atomic E-state index is 13.6. The molecule has 0 radical (unpaired) electrons. The van der Waals surface area contributed by atoms with Gasteiger partial charge in [0.25, 0.3) is 5.92 Å². The number of alkyl halides is 2. The number of halogens is 2. The molecule has 0 aliphatic carbocycles. The van der Waals surface area contributed by atoms with Gasteiger partial charge in [-0.2, -0.15) is 8.78 Å². The summed E-state index contributed by atoms with van der Waals surface area (Å²) in [5.74, 6) is -2.16. The van der Waals surface area contributed by atoms with E-state index >= 15 is 0 Å². The van der Waals surface area contributed by atoms with Crippen molar-refractivity contribution in [3.05, 3.63) is 23.4 Å². The van der Waals surface area contributed by atoms with E-state index in [1.54, 1.807) is 13.0 Å². The van der Waals surface area contributed by atoms with Gasteiger partial charge in [-0.3, -0.25) is 0 Å². The lowest BCUT2D eigenvalue weighted by atomic mass is 10.0. The van der Waals surface area contributed by atoms with E-state index in [9.17, 15) is 8.78 Å². The zero-order valence-corrected chi connectivity index (χ0v) is 9.39. The summed E-state index contributed by atoms with van der Waals surface area (Å²) in [4.78, 5) is 4.04. The molecule has 0 fully saturated rings. The van der Waals surface area contributed by atoms with Gasteiger partial charge >= 0.3 is 0 Å². The molecular formula is C12H16F2N2. The first-order chi connectivity index (χ1) is 7.63. The Morgan fingerprint density at radius 2 is 2.25 bits per heavy atom. The Kier molecular flexibility index (Phi) is 3.08. The molecule has 0 bridgehead atoms. The molecule has 0 saturated carbocycles. The quantitative estimate of drug-likeness (QED) is 0.855. The fourth-order valence-electron chi connectivity index (χ4n) is 1.97. The molecule has 1 N–H and O–H groups in total. The topological polar surface area (TPSA) is 24.9 Å². The normalized spacial score (nSPS) is 15.4. The summed E-state index contributed by atoms with van der Waals surface area (Å²) in [6.45, 7) is 2.58. The molecule has 0 unspecified atom stereocenters. The second-order valence-electron chi connectivity index (χ2n) is 4.19. The molecule has 2 nitrogen and oxygen atoms in total. The SMILES string of the molecule is CCCC(F)(F)c1ccc2c(n1)NCCC2. The maximum absolute atomic E-state index is 13.6. The number of fused-ring (bicyclic) bond motifs is 1. The molecule has 1 aromatic heterocycles. The van der Waals surface area contributed by atoms with Crippen molar-refractivity contribution in [2.45, 2.75) is 38.5 Å². The molecule has 1 aliphatic rings. The number of hydrogen-bond acceptors (Lipinski definition) is 2. The van der Waals surface area contributed by atoms with Crippen LogP contribution in [-0.2, 0) is 12.3 Å². The fourth-order valence-corrected chi connectivity index (χ4v) is 1.97. The highest BCUT2D eigenvalue weighted by Crippen LogP contribution is 2.33. The van der Waals surface area contributed by atoms with Crippen molar-refractivity contribution in [2.75, 3.05) is 11.9 Å². The van der Waals surface area contributed by atoms with Crippen LogP contribution in [0, 0.1) is 0 Å². The number of aryl methyl sites for hydroxylation is 1. The summed E-state index contributed by atoms with van der Waals surface area (Å²) in [6, 6.07) is 3.23. The summed E-state index contributed by atoms with van der Waals surface area (Å²) in [7, 11) is 0. The molecule has 0 aromatic carbocycles. The summed E-state index contributed by atoms with van der Waals surface area (Å²) < 4.78 is 27.3. The third-order valence-electron chi connectivity index (χ3n) is 2.83. The monoisotopic (exact) mass is 226 g/mol. The lowest BCUT2D eigenvalue weighted by Crippen LogP contribution is -2.19. The van der Waals surface area contributed by atoms with Crippen molar-refractivity contribution in [1.82, 2.24) is 4.98 Å². The third-order valence-corrected chi connectivity index (χ3v) is 2.83. The van der Waals surface area contributed by atoms with Gasteiger partial charge in [-0.25, -0.2) is 4.98 Å². The minimum Gasteiger partial charge on any atom is -0.370 e. The van der Waals surface area contributed by atoms with Gasteiger partial charge in [0.05, 0.1) is 0 Å². The summed E-state index contributed by atoms with van der Waals surface area (Å²) in [6.07, 6.45) is 2.28. The van der Waals surface area contributed by atoms with Crippen LogP contribution in [0.2, 0.25) is 0 Å². The molecule has 4 heteroatoms. The van der Waals surface area contributed by atoms with Crippen molar-refractivity contribution in [1.29, 1.82) is 0 Å². The molecular weight excluding hydrogens is 210 g/mol. The number of hydrogen-bond donors (Lipinski definition) is 1. The van der Waals surface area contributed by atoms with Crippen LogP contribution in [0.3, 0.4) is 0 Å². The molecule has 0 saturated heterocycles. The Hall–Kier alpha value is -1.19. The van der Waals surface area contributed by atoms with Gasteiger partial charge in [-0.1, -0.05) is 19.4 Å². The predicted octanol–water partition coefficient (Wildman–Crippen LogP) is 3.33. The first-order valence-electron chi connectivity index (χ1n) is 5.75. The van der Waals surface area contributed by atoms with E-state index in [-0.39, 0.29) is 12.1 Å². The van der Waals surface area contributed by atoms with Gasteiger partial charge in [0.15, 0.2) is 0 Å². The van der Waals surface area contributed by atoms with Gasteiger partial charge in [-0.05, 0) is 24.5 Å². The number of rotatable bonds is 3. The van der Waals surface area contributed by atoms with Crippen LogP contribution in [-0.4, -0.2) is 11.5 Å². The number of nitrogens with zero attached hydrogens (tertiary/aromatic N) is 1. The molecule has 2 heterocycles. The average molecular weight is 226 g/mol. The van der Waals surface area contributed by atoms with Gasteiger partial charge < -0.3 is 5.32 Å². The Labute approximate surface area is 94.1 Å². The van der Waals surface area contributed by atoms with Crippen molar-refractivity contribution in [3.63, 3.8) is 0 Å². The van der Waals surface area contributed by atoms with Crippen LogP contribution in [0.5, 0.6) is 0 Å². The molecule has 1 aromatic rings. The molecule has 16 heavy (non-hydrogen) atoms. The van der Waals surface area contributed by atoms with Gasteiger partial charge in [-0.15, -0.1) is 0 Å². The van der Waals surface area contributed by atoms with E-state index in [0.29, 0.717) is 12.2 Å². The van der Waals surface area contributed by atoms with Crippen LogP contribution >= 0.6 is 0 Å². The molecule has 0 amide bonds. The van der Waals surface area contributed by atoms with Crippen molar-refractivity contribution >= 4 is 5.82 Å². The highest BCUT2D eigenvalue weighted by Gasteiger charge is 2.32. The van der Waals surface area contributed by atoms with E-state index in [4.69, 9.17) is 0 Å². The van der Waals surface area contributed by atoms with E-state index in [1.165, 1.54) is 6.07 Å². The van der Waals surface area contributed by atoms with E-state index < -0.39 is 5.92 Å². The largest absolute Gasteiger partial charge is 0.370 e. The van der Waals surface area contributed by atoms with E-state index in [2.05, 4.69) is 10.3 Å². The smallest absolute Gasteiger partial charge is 0.289 e. The van der Waals surface area contributed by atoms with Crippen molar-refractivity contribution in [2.24, 2.45) is 0 Å². The zero-order valence-electron chi connectivity index (χ0n) is 9.39. The zero-order chi connectivity index (χ0) is 11.6. The van der Waals surface area contributed by atoms with E-state index in [1.807, 2.05) is 0 Å². The molecule has 88 valence electrons. The second-order valence-corrected chi connectivity index (χ2v) is 4.19. The van der Waals surface area contributed by atoms with Crippen LogP contribution in [0.15, 0.2) is 12.1 Å². The first kappa shape index (κ1) is 11.3. The minimum atomic E-state index is -2.80. The predicted molar refractivity (Wildman–Crippen MR) is 59.8 cm³/mol. The lowest BCUT2D eigenvalue weighted by molar-refractivity contribution is -0.0183. The van der Waals surface area contributed by atoms with Crippen LogP contribution in [0.25, 0.3) is 0 Å². The van der Waals surface area contributed by atoms with E-state index in [0.717, 1.165) is 24.9 Å². The molecule has 0 atom stereocenters. The Morgan fingerprint density at radius 3 is 3.00 bits per heavy atom. The number of aromatic nitrogens is 1. The molecule has 2 rings (SSSR count). The lowest BCUT2D eigenvalue weighted by Gasteiger charge is -2.20. The first-order valence-corrected chi connectivity index (χ1v) is 5.75. The second kappa shape index (κ2) is 4.36. The van der Waals surface area contributed by atoms with Gasteiger partial charge in [0.1, 0.15) is 11.5 Å². The Balaban J connectivity index is 2.29. The van der Waals surface area contributed by atoms with Crippen LogP contribution in [0.4, 0.5) is 14.6 Å². The molecule has 0 spiro atoms.